The van der Waals surface area contributed by atoms with Gasteiger partial charge in [-0.25, -0.2) is 9.69 Å². The topological polar surface area (TPSA) is 75.7 Å². The van der Waals surface area contributed by atoms with Crippen LogP contribution in [0.25, 0.3) is 0 Å². The van der Waals surface area contributed by atoms with Crippen LogP contribution in [0.3, 0.4) is 0 Å². The molecule has 0 unspecified atom stereocenters. The number of carbonyl (C=O) groups is 3. The van der Waals surface area contributed by atoms with E-state index in [0.717, 1.165) is 4.90 Å². The van der Waals surface area contributed by atoms with Gasteiger partial charge in [-0.15, -0.1) is 0 Å². The fraction of sp³-hybridized carbons (Fsp3) is 0.278. The number of alkyl carbamates (subject to hydrolysis) is 1. The first-order chi connectivity index (χ1) is 11.8. The molecule has 0 bridgehead atoms. The van der Waals surface area contributed by atoms with Gasteiger partial charge in [-0.05, 0) is 49.7 Å². The number of nitrogens with one attached hydrogen (secondary N) is 1. The quantitative estimate of drug-likeness (QED) is 0.851. The molecule has 0 fully saturated rings. The molecule has 3 amide bonds. The summed E-state index contributed by atoms with van der Waals surface area (Å²) in [6, 6.07) is 8.38. The molecule has 0 aliphatic carbocycles. The van der Waals surface area contributed by atoms with Crippen LogP contribution >= 0.6 is 11.3 Å². The molecule has 0 saturated carbocycles. The van der Waals surface area contributed by atoms with Crippen LogP contribution in [0.5, 0.6) is 0 Å². The number of amides is 3. The number of rotatable bonds is 3. The maximum Gasteiger partial charge on any atom is 0.409 e. The van der Waals surface area contributed by atoms with Crippen LogP contribution in [0, 0.1) is 0 Å². The Bertz CT molecular complexity index is 789. The van der Waals surface area contributed by atoms with E-state index in [4.69, 9.17) is 4.74 Å². The lowest BCUT2D eigenvalue weighted by molar-refractivity contribution is 0.0385. The van der Waals surface area contributed by atoms with Gasteiger partial charge in [0.05, 0.1) is 11.1 Å². The van der Waals surface area contributed by atoms with E-state index >= 15 is 0 Å². The summed E-state index contributed by atoms with van der Waals surface area (Å²) >= 11 is 1.41. The molecule has 1 N–H and O–H groups in total. The van der Waals surface area contributed by atoms with E-state index in [1.54, 1.807) is 56.5 Å². The lowest BCUT2D eigenvalue weighted by Gasteiger charge is -2.28. The number of ether oxygens (including phenoxy) is 1. The Kier molecular flexibility index (Phi) is 4.34. The molecule has 2 aromatic rings. The second-order valence-corrected chi connectivity index (χ2v) is 7.41. The summed E-state index contributed by atoms with van der Waals surface area (Å²) < 4.78 is 5.28. The highest BCUT2D eigenvalue weighted by Crippen LogP contribution is 2.31. The third-order valence-electron chi connectivity index (χ3n) is 3.60. The van der Waals surface area contributed by atoms with Crippen LogP contribution in [-0.4, -0.2) is 28.4 Å². The molecular weight excluding hydrogens is 340 g/mol. The lowest BCUT2D eigenvalue weighted by Crippen LogP contribution is -2.45. The summed E-state index contributed by atoms with van der Waals surface area (Å²) in [5, 5.41) is 6.24. The van der Waals surface area contributed by atoms with Crippen molar-refractivity contribution in [3.63, 3.8) is 0 Å². The summed E-state index contributed by atoms with van der Waals surface area (Å²) in [5.41, 5.74) is 0.619. The van der Waals surface area contributed by atoms with Crippen molar-refractivity contribution in [3.05, 3.63) is 57.8 Å². The van der Waals surface area contributed by atoms with Crippen molar-refractivity contribution in [1.29, 1.82) is 0 Å². The van der Waals surface area contributed by atoms with Gasteiger partial charge in [-0.3, -0.25) is 14.9 Å². The molecule has 2 heterocycles. The van der Waals surface area contributed by atoms with Crippen molar-refractivity contribution in [2.45, 2.75) is 32.5 Å². The van der Waals surface area contributed by atoms with E-state index in [1.807, 2.05) is 5.38 Å². The molecule has 1 aliphatic heterocycles. The van der Waals surface area contributed by atoms with E-state index in [-0.39, 0.29) is 0 Å². The van der Waals surface area contributed by atoms with Crippen molar-refractivity contribution in [1.82, 2.24) is 10.2 Å². The van der Waals surface area contributed by atoms with Crippen LogP contribution in [0.4, 0.5) is 4.79 Å². The van der Waals surface area contributed by atoms with Crippen LogP contribution in [0.15, 0.2) is 41.1 Å². The monoisotopic (exact) mass is 358 g/mol. The standard InChI is InChI=1S/C18H18N2O4S/c1-18(2,3)24-17(23)19-14(11-8-9-25-10-11)20-15(21)12-6-4-5-7-13(12)16(20)22/h4-10,14H,1-3H3,(H,19,23)/t14-/m1/s1. The fourth-order valence-electron chi connectivity index (χ4n) is 2.59. The summed E-state index contributed by atoms with van der Waals surface area (Å²) in [4.78, 5) is 38.7. The Morgan fingerprint density at radius 3 is 2.20 bits per heavy atom. The maximum absolute atomic E-state index is 12.7. The van der Waals surface area contributed by atoms with Gasteiger partial charge in [0.2, 0.25) is 0 Å². The van der Waals surface area contributed by atoms with Crippen LogP contribution in [-0.2, 0) is 4.74 Å². The highest BCUT2D eigenvalue weighted by Gasteiger charge is 2.41. The van der Waals surface area contributed by atoms with Crippen molar-refractivity contribution in [2.24, 2.45) is 0 Å². The van der Waals surface area contributed by atoms with Gasteiger partial charge < -0.3 is 4.74 Å². The molecule has 0 radical (unpaired) electrons. The Morgan fingerprint density at radius 2 is 1.72 bits per heavy atom. The van der Waals surface area contributed by atoms with Gasteiger partial charge in [0.1, 0.15) is 11.8 Å². The zero-order chi connectivity index (χ0) is 18.2. The molecule has 25 heavy (non-hydrogen) atoms. The number of benzene rings is 1. The Labute approximate surface area is 149 Å². The van der Waals surface area contributed by atoms with Crippen LogP contribution in [0.2, 0.25) is 0 Å². The summed E-state index contributed by atoms with van der Waals surface area (Å²) in [6.45, 7) is 5.23. The van der Waals surface area contributed by atoms with Gasteiger partial charge in [-0.2, -0.15) is 11.3 Å². The highest BCUT2D eigenvalue weighted by atomic mass is 32.1. The minimum atomic E-state index is -0.923. The first-order valence-electron chi connectivity index (χ1n) is 7.76. The molecule has 0 spiro atoms. The van der Waals surface area contributed by atoms with E-state index in [0.29, 0.717) is 16.7 Å². The zero-order valence-electron chi connectivity index (χ0n) is 14.1. The highest BCUT2D eigenvalue weighted by molar-refractivity contribution is 7.08. The first-order valence-corrected chi connectivity index (χ1v) is 8.71. The Hall–Kier alpha value is -2.67. The number of imide groups is 1. The molecule has 130 valence electrons. The van der Waals surface area contributed by atoms with Gasteiger partial charge >= 0.3 is 6.09 Å². The largest absolute Gasteiger partial charge is 0.444 e. The number of thiophene rings is 1. The second-order valence-electron chi connectivity index (χ2n) is 6.63. The molecule has 6 nitrogen and oxygen atoms in total. The van der Waals surface area contributed by atoms with Crippen molar-refractivity contribution in [2.75, 3.05) is 0 Å². The van der Waals surface area contributed by atoms with Gasteiger partial charge in [0.15, 0.2) is 0 Å². The molecule has 1 aromatic carbocycles. The number of carbonyl (C=O) groups excluding carboxylic acids is 3. The molecule has 1 aromatic heterocycles. The second kappa shape index (κ2) is 6.33. The average Bonchev–Trinajstić information content (AvgIpc) is 3.13. The summed E-state index contributed by atoms with van der Waals surface area (Å²) in [6.07, 6.45) is -1.62. The number of fused-ring (bicyclic) bond motifs is 1. The fourth-order valence-corrected chi connectivity index (χ4v) is 3.27. The lowest BCUT2D eigenvalue weighted by atomic mass is 10.1. The van der Waals surface area contributed by atoms with E-state index in [1.165, 1.54) is 11.3 Å². The van der Waals surface area contributed by atoms with E-state index in [9.17, 15) is 14.4 Å². The smallest absolute Gasteiger partial charge is 0.409 e. The van der Waals surface area contributed by atoms with E-state index in [2.05, 4.69) is 5.32 Å². The first kappa shape index (κ1) is 17.2. The average molecular weight is 358 g/mol. The van der Waals surface area contributed by atoms with Crippen molar-refractivity contribution >= 4 is 29.2 Å². The molecular formula is C18H18N2O4S. The molecule has 0 saturated heterocycles. The minimum Gasteiger partial charge on any atom is -0.444 e. The van der Waals surface area contributed by atoms with Gasteiger partial charge in [0.25, 0.3) is 11.8 Å². The number of nitrogens with zero attached hydrogens (tertiary/aromatic N) is 1. The van der Waals surface area contributed by atoms with Crippen LogP contribution < -0.4 is 5.32 Å². The van der Waals surface area contributed by atoms with Crippen molar-refractivity contribution in [3.8, 4) is 0 Å². The predicted octanol–water partition coefficient (Wildman–Crippen LogP) is 3.57. The number of hydrogen-bond donors (Lipinski definition) is 1. The Balaban J connectivity index is 1.93. The Morgan fingerprint density at radius 1 is 1.12 bits per heavy atom. The zero-order valence-corrected chi connectivity index (χ0v) is 14.9. The van der Waals surface area contributed by atoms with Crippen LogP contribution in [0.1, 0.15) is 53.2 Å². The van der Waals surface area contributed by atoms with E-state index < -0.39 is 29.7 Å². The molecule has 1 atom stereocenters. The third-order valence-corrected chi connectivity index (χ3v) is 4.30. The predicted molar refractivity (Wildman–Crippen MR) is 93.4 cm³/mol. The summed E-state index contributed by atoms with van der Waals surface area (Å²) in [7, 11) is 0. The normalized spacial score (nSPS) is 15.1. The molecule has 3 rings (SSSR count). The SMILES string of the molecule is CC(C)(C)OC(=O)N[C@@H](c1ccsc1)N1C(=O)c2ccccc2C1=O. The third kappa shape index (κ3) is 3.41. The molecule has 7 heteroatoms. The summed E-state index contributed by atoms with van der Waals surface area (Å²) in [5.74, 6) is -0.874. The van der Waals surface area contributed by atoms with Gasteiger partial charge in [0, 0.05) is 5.56 Å². The number of hydrogen-bond acceptors (Lipinski definition) is 5. The van der Waals surface area contributed by atoms with Gasteiger partial charge in [-0.1, -0.05) is 12.1 Å². The van der Waals surface area contributed by atoms with Crippen molar-refractivity contribution < 1.29 is 19.1 Å². The minimum absolute atomic E-state index is 0.332. The molecule has 1 aliphatic rings. The maximum atomic E-state index is 12.7.